The van der Waals surface area contributed by atoms with Crippen LogP contribution in [0.25, 0.3) is 0 Å². The Labute approximate surface area is 607 Å². The van der Waals surface area contributed by atoms with E-state index in [0.29, 0.717) is 25.7 Å². The van der Waals surface area contributed by atoms with Crippen LogP contribution in [0.5, 0.6) is 0 Å². The predicted molar refractivity (Wildman–Crippen MR) is 405 cm³/mol. The van der Waals surface area contributed by atoms with Crippen LogP contribution < -0.4 is 0 Å². The summed E-state index contributed by atoms with van der Waals surface area (Å²) in [5, 5.41) is 10.6. The van der Waals surface area contributed by atoms with E-state index >= 15 is 0 Å². The lowest BCUT2D eigenvalue weighted by atomic mass is 9.99. The Balaban J connectivity index is 5.27. The average molecular weight is 1450 g/mol. The second-order valence-corrected chi connectivity index (χ2v) is 32.4. The second-order valence-electron chi connectivity index (χ2n) is 29.5. The molecule has 0 aliphatic carbocycles. The van der Waals surface area contributed by atoms with E-state index in [-0.39, 0.29) is 25.7 Å². The van der Waals surface area contributed by atoms with E-state index in [9.17, 15) is 43.2 Å². The lowest BCUT2D eigenvalue weighted by Gasteiger charge is -2.21. The molecule has 0 heterocycles. The van der Waals surface area contributed by atoms with Crippen molar-refractivity contribution < 1.29 is 80.2 Å². The Morgan fingerprint density at radius 2 is 0.515 bits per heavy atom. The minimum atomic E-state index is -4.96. The average Bonchev–Trinajstić information content (AvgIpc) is 2.22. The van der Waals surface area contributed by atoms with Crippen LogP contribution in [0.1, 0.15) is 420 Å². The number of esters is 4. The van der Waals surface area contributed by atoms with E-state index in [1.165, 1.54) is 238 Å². The fraction of sp³-hybridized carbons (Fsp3) is 0.950. The van der Waals surface area contributed by atoms with E-state index in [0.717, 1.165) is 102 Å². The molecule has 0 radical (unpaired) electrons. The van der Waals surface area contributed by atoms with Crippen LogP contribution in [-0.4, -0.2) is 96.7 Å². The number of hydrogen-bond donors (Lipinski definition) is 3. The molecule has 99 heavy (non-hydrogen) atoms. The molecule has 0 aliphatic heterocycles. The number of ether oxygens (including phenoxy) is 4. The highest BCUT2D eigenvalue weighted by atomic mass is 31.2. The summed E-state index contributed by atoms with van der Waals surface area (Å²) in [6, 6.07) is 0. The van der Waals surface area contributed by atoms with Crippen LogP contribution in [0.4, 0.5) is 0 Å². The van der Waals surface area contributed by atoms with E-state index in [4.69, 9.17) is 37.0 Å². The van der Waals surface area contributed by atoms with Gasteiger partial charge in [0.15, 0.2) is 12.2 Å². The molecule has 0 aliphatic rings. The lowest BCUT2D eigenvalue weighted by molar-refractivity contribution is -0.161. The van der Waals surface area contributed by atoms with Crippen LogP contribution >= 0.6 is 15.6 Å². The minimum Gasteiger partial charge on any atom is -0.462 e. The first-order valence-corrected chi connectivity index (χ1v) is 44.5. The highest BCUT2D eigenvalue weighted by Crippen LogP contribution is 2.45. The zero-order valence-electron chi connectivity index (χ0n) is 64.8. The fourth-order valence-electron chi connectivity index (χ4n) is 12.3. The van der Waals surface area contributed by atoms with E-state index in [2.05, 4.69) is 41.5 Å². The standard InChI is InChI=1S/C80H156O17P2/c1-7-10-12-14-16-18-20-22-28-32-40-46-52-58-64-79(84)96-75(68-90-77(82)62-56-50-44-38-31-26-21-19-17-15-13-11-8-2)70-94-98(86,87)92-66-74(81)67-93-99(88,89)95-71-76(69-91-78(83)63-57-51-45-39-35-34-37-43-49-55-61-73(6)9-3)97-80(85)65-59-53-47-41-33-29-25-23-24-27-30-36-42-48-54-60-72(4)5/h72-76,81H,7-71H2,1-6H3,(H,86,87)(H,88,89)/t73?,74-,75+,76+/m0/s1. The molecule has 0 spiro atoms. The first-order chi connectivity index (χ1) is 47.9. The van der Waals surface area contributed by atoms with E-state index < -0.39 is 97.5 Å². The van der Waals surface area contributed by atoms with Crippen LogP contribution in [0.3, 0.4) is 0 Å². The molecule has 0 fully saturated rings. The van der Waals surface area contributed by atoms with Crippen molar-refractivity contribution in [2.75, 3.05) is 39.6 Å². The van der Waals surface area contributed by atoms with Gasteiger partial charge in [-0.15, -0.1) is 0 Å². The maximum atomic E-state index is 13.1. The van der Waals surface area contributed by atoms with Crippen molar-refractivity contribution in [1.29, 1.82) is 0 Å². The topological polar surface area (TPSA) is 237 Å². The van der Waals surface area contributed by atoms with Crippen molar-refractivity contribution in [3.05, 3.63) is 0 Å². The van der Waals surface area contributed by atoms with E-state index in [1.807, 2.05) is 0 Å². The van der Waals surface area contributed by atoms with Gasteiger partial charge in [-0.3, -0.25) is 37.3 Å². The summed E-state index contributed by atoms with van der Waals surface area (Å²) in [4.78, 5) is 73.0. The SMILES string of the molecule is CCCCCCCCCCCCCCCCC(=O)O[C@H](COC(=O)CCCCCCCCCCCCCCC)COP(=O)(O)OC[C@H](O)COP(=O)(O)OC[C@@H](COC(=O)CCCCCCCCCCCCC(C)CC)OC(=O)CCCCCCCCCCCCCCCCCC(C)C. The highest BCUT2D eigenvalue weighted by molar-refractivity contribution is 7.47. The number of phosphoric acid groups is 2. The van der Waals surface area contributed by atoms with Crippen molar-refractivity contribution in [2.24, 2.45) is 11.8 Å². The number of aliphatic hydroxyl groups excluding tert-OH is 1. The molecule has 0 aromatic carbocycles. The van der Waals surface area contributed by atoms with Crippen molar-refractivity contribution in [2.45, 2.75) is 439 Å². The summed E-state index contributed by atoms with van der Waals surface area (Å²) in [6.45, 7) is 9.69. The Morgan fingerprint density at radius 1 is 0.293 bits per heavy atom. The zero-order chi connectivity index (χ0) is 72.8. The molecule has 19 heteroatoms. The summed E-state index contributed by atoms with van der Waals surface area (Å²) < 4.78 is 68.7. The van der Waals surface area contributed by atoms with Gasteiger partial charge in [-0.25, -0.2) is 9.13 Å². The van der Waals surface area contributed by atoms with Crippen LogP contribution in [0, 0.1) is 11.8 Å². The van der Waals surface area contributed by atoms with Gasteiger partial charge in [0.25, 0.3) is 0 Å². The summed E-state index contributed by atoms with van der Waals surface area (Å²) in [7, 11) is -9.92. The fourth-order valence-corrected chi connectivity index (χ4v) is 13.9. The van der Waals surface area contributed by atoms with Gasteiger partial charge in [0.05, 0.1) is 26.4 Å². The molecule has 0 aromatic rings. The molecule has 3 N–H and O–H groups in total. The molecule has 0 saturated heterocycles. The van der Waals surface area contributed by atoms with Gasteiger partial charge in [0, 0.05) is 25.7 Å². The monoisotopic (exact) mass is 1450 g/mol. The Bertz CT molecular complexity index is 1910. The van der Waals surface area contributed by atoms with Gasteiger partial charge in [0.2, 0.25) is 0 Å². The van der Waals surface area contributed by atoms with Crippen LogP contribution in [0.2, 0.25) is 0 Å². The number of unbranched alkanes of at least 4 members (excludes halogenated alkanes) is 48. The first kappa shape index (κ1) is 97.1. The number of carbonyl (C=O) groups is 4. The van der Waals surface area contributed by atoms with Gasteiger partial charge in [-0.1, -0.05) is 369 Å². The summed E-state index contributed by atoms with van der Waals surface area (Å²) in [5.41, 5.74) is 0. The molecule has 588 valence electrons. The first-order valence-electron chi connectivity index (χ1n) is 41.5. The summed E-state index contributed by atoms with van der Waals surface area (Å²) in [5.74, 6) is -0.494. The Morgan fingerprint density at radius 3 is 0.768 bits per heavy atom. The highest BCUT2D eigenvalue weighted by Gasteiger charge is 2.30. The summed E-state index contributed by atoms with van der Waals surface area (Å²) in [6.07, 6.45) is 60.8. The summed E-state index contributed by atoms with van der Waals surface area (Å²) >= 11 is 0. The molecular weight excluding hydrogens is 1290 g/mol. The second kappa shape index (κ2) is 71.7. The van der Waals surface area contributed by atoms with Gasteiger partial charge in [-0.05, 0) is 37.5 Å². The van der Waals surface area contributed by atoms with E-state index in [1.54, 1.807) is 0 Å². The van der Waals surface area contributed by atoms with Crippen molar-refractivity contribution >= 4 is 39.5 Å². The van der Waals surface area contributed by atoms with Crippen LogP contribution in [0.15, 0.2) is 0 Å². The molecule has 0 amide bonds. The third-order valence-corrected chi connectivity index (χ3v) is 21.0. The Kier molecular flexibility index (Phi) is 70.3. The number of aliphatic hydroxyl groups is 1. The maximum absolute atomic E-state index is 13.1. The normalized spacial score (nSPS) is 14.2. The minimum absolute atomic E-state index is 0.108. The molecule has 0 bridgehead atoms. The molecule has 0 rings (SSSR count). The number of hydrogen-bond acceptors (Lipinski definition) is 15. The van der Waals surface area contributed by atoms with Crippen LogP contribution in [-0.2, 0) is 65.4 Å². The quantitative estimate of drug-likeness (QED) is 0.0222. The predicted octanol–water partition coefficient (Wildman–Crippen LogP) is 23.9. The third kappa shape index (κ3) is 72.8. The maximum Gasteiger partial charge on any atom is 0.472 e. The number of rotatable bonds is 79. The molecular formula is C80H156O17P2. The van der Waals surface area contributed by atoms with Crippen molar-refractivity contribution in [1.82, 2.24) is 0 Å². The smallest absolute Gasteiger partial charge is 0.462 e. The number of carbonyl (C=O) groups excluding carboxylic acids is 4. The molecule has 17 nitrogen and oxygen atoms in total. The van der Waals surface area contributed by atoms with Gasteiger partial charge < -0.3 is 33.8 Å². The van der Waals surface area contributed by atoms with Gasteiger partial charge in [-0.2, -0.15) is 0 Å². The molecule has 6 atom stereocenters. The Hall–Kier alpha value is -1.94. The molecule has 3 unspecified atom stereocenters. The van der Waals surface area contributed by atoms with Crippen molar-refractivity contribution in [3.8, 4) is 0 Å². The van der Waals surface area contributed by atoms with Gasteiger partial charge >= 0.3 is 39.5 Å². The zero-order valence-corrected chi connectivity index (χ0v) is 66.6. The third-order valence-electron chi connectivity index (χ3n) is 19.1. The number of phosphoric ester groups is 2. The van der Waals surface area contributed by atoms with Crippen molar-refractivity contribution in [3.63, 3.8) is 0 Å². The molecule has 0 saturated carbocycles. The lowest BCUT2D eigenvalue weighted by Crippen LogP contribution is -2.30. The largest absolute Gasteiger partial charge is 0.472 e. The van der Waals surface area contributed by atoms with Gasteiger partial charge in [0.1, 0.15) is 19.3 Å². The molecule has 0 aromatic heterocycles.